The lowest BCUT2D eigenvalue weighted by Crippen LogP contribution is -2.30. The SMILES string of the molecule is CC/C=C\C/C=C\C/C=C\C/C=C\C/C=C\C/C=C\CCCCCCCCCCC(=O)OCC(O)COP(=O)(O)OCC(O)COP(=O)(O)OCC(COC(=O)CCCCCCC/C=C\C/C=C\C/C=C\C/C=C\C/C=C\CC)OC(=O)CCCCCCCCC/C=C\C/C=C\C/C=C\CC. The molecule has 0 aromatic rings. The van der Waals surface area contributed by atoms with E-state index in [0.29, 0.717) is 19.3 Å². The van der Waals surface area contributed by atoms with Gasteiger partial charge in [0.15, 0.2) is 6.10 Å². The third-order valence-electron chi connectivity index (χ3n) is 15.4. The molecular formula is C83H136O16P2. The van der Waals surface area contributed by atoms with E-state index >= 15 is 0 Å². The molecule has 5 atom stereocenters. The van der Waals surface area contributed by atoms with Gasteiger partial charge in [-0.3, -0.25) is 32.5 Å². The van der Waals surface area contributed by atoms with E-state index in [-0.39, 0.29) is 19.3 Å². The van der Waals surface area contributed by atoms with Crippen molar-refractivity contribution in [1.29, 1.82) is 0 Å². The Balaban J connectivity index is 4.65. The Morgan fingerprint density at radius 3 is 0.782 bits per heavy atom. The second-order valence-corrected chi connectivity index (χ2v) is 27.9. The predicted octanol–water partition coefficient (Wildman–Crippen LogP) is 22.4. The lowest BCUT2D eigenvalue weighted by molar-refractivity contribution is -0.161. The van der Waals surface area contributed by atoms with Gasteiger partial charge in [0.2, 0.25) is 0 Å². The Hall–Kier alpha value is -5.09. The standard InChI is InChI=1S/C83H136O16P2/c1-4-7-10-13-16-19-22-25-28-31-33-35-36-37-38-39-40-42-44-46-48-51-54-57-60-63-66-69-81(86)93-72-78(84)73-95-100(89,90)96-74-79(85)75-97-101(91,92)98-77-80(99-83(88)71-68-65-62-59-56-53-50-45-30-27-24-21-18-15-12-9-6-3)76-94-82(87)70-67-64-61-58-55-52-49-47-43-41-34-32-29-26-23-20-17-14-11-8-5-2/h7-12,16-21,25-30,33-35,37-38,40-42,47,49,78-80,84-85H,4-6,13-15,22-24,31-32,36,39,43-46,48,50-77H2,1-3H3,(H,89,90)(H,91,92)/b10-7-,11-8-,12-9-,19-16-,20-17-,21-18-,28-25-,29-26-,30-27-,35-33-,38-37-,41-34-,42-40-,49-47-. The number of carbonyl (C=O) groups excluding carboxylic acids is 3. The zero-order valence-electron chi connectivity index (χ0n) is 62.5. The molecule has 0 heterocycles. The number of unbranched alkanes of at least 4 members (excludes halogenated alkanes) is 20. The molecule has 0 saturated heterocycles. The van der Waals surface area contributed by atoms with Crippen molar-refractivity contribution in [2.24, 2.45) is 0 Å². The molecule has 0 aliphatic heterocycles. The quantitative estimate of drug-likeness (QED) is 0.0146. The maximum atomic E-state index is 13.0. The first-order valence-electron chi connectivity index (χ1n) is 38.4. The number of hydrogen-bond acceptors (Lipinski definition) is 14. The van der Waals surface area contributed by atoms with Gasteiger partial charge in [0.25, 0.3) is 0 Å². The first-order valence-corrected chi connectivity index (χ1v) is 41.4. The topological polar surface area (TPSA) is 231 Å². The largest absolute Gasteiger partial charge is 0.472 e. The molecule has 0 fully saturated rings. The number of ether oxygens (including phenoxy) is 3. The predicted molar refractivity (Wildman–Crippen MR) is 417 cm³/mol. The summed E-state index contributed by atoms with van der Waals surface area (Å²) in [5.74, 6) is -1.62. The minimum Gasteiger partial charge on any atom is -0.463 e. The minimum absolute atomic E-state index is 0.0827. The van der Waals surface area contributed by atoms with Gasteiger partial charge < -0.3 is 34.2 Å². The van der Waals surface area contributed by atoms with Crippen molar-refractivity contribution >= 4 is 33.6 Å². The second-order valence-electron chi connectivity index (χ2n) is 25.0. The van der Waals surface area contributed by atoms with Gasteiger partial charge >= 0.3 is 33.6 Å². The van der Waals surface area contributed by atoms with Crippen molar-refractivity contribution in [1.82, 2.24) is 0 Å². The Morgan fingerprint density at radius 2 is 0.495 bits per heavy atom. The van der Waals surface area contributed by atoms with E-state index in [1.165, 1.54) is 19.3 Å². The lowest BCUT2D eigenvalue weighted by Gasteiger charge is -2.21. The summed E-state index contributed by atoms with van der Waals surface area (Å²) in [6.45, 7) is 2.28. The van der Waals surface area contributed by atoms with E-state index in [9.17, 15) is 43.5 Å². The Morgan fingerprint density at radius 1 is 0.277 bits per heavy atom. The number of allylic oxidation sites excluding steroid dienone is 28. The molecule has 18 heteroatoms. The fourth-order valence-corrected chi connectivity index (χ4v) is 11.3. The highest BCUT2D eigenvalue weighted by Gasteiger charge is 2.29. The number of esters is 3. The van der Waals surface area contributed by atoms with E-state index < -0.39 is 91.5 Å². The number of aliphatic hydroxyl groups is 2. The number of carbonyl (C=O) groups is 3. The number of phosphoric acid groups is 2. The van der Waals surface area contributed by atoms with E-state index in [1.807, 2.05) is 0 Å². The van der Waals surface area contributed by atoms with Gasteiger partial charge in [-0.1, -0.05) is 281 Å². The summed E-state index contributed by atoms with van der Waals surface area (Å²) < 4.78 is 61.1. The number of hydrogen-bond donors (Lipinski definition) is 4. The third-order valence-corrected chi connectivity index (χ3v) is 17.3. The van der Waals surface area contributed by atoms with Gasteiger partial charge in [0.05, 0.1) is 26.4 Å². The number of phosphoric ester groups is 2. The molecule has 0 spiro atoms. The monoisotopic (exact) mass is 1450 g/mol. The van der Waals surface area contributed by atoms with Crippen LogP contribution in [0.15, 0.2) is 170 Å². The average Bonchev–Trinajstić information content (AvgIpc) is 0.974. The summed E-state index contributed by atoms with van der Waals surface area (Å²) in [5, 5.41) is 20.6. The molecule has 0 aliphatic rings. The molecule has 0 bridgehead atoms. The second kappa shape index (κ2) is 74.6. The average molecular weight is 1450 g/mol. The van der Waals surface area contributed by atoms with Gasteiger partial charge in [0, 0.05) is 19.3 Å². The third kappa shape index (κ3) is 75.9. The van der Waals surface area contributed by atoms with Crippen LogP contribution >= 0.6 is 15.6 Å². The summed E-state index contributed by atoms with van der Waals surface area (Å²) in [6, 6.07) is 0. The van der Waals surface area contributed by atoms with Gasteiger partial charge in [-0.2, -0.15) is 0 Å². The smallest absolute Gasteiger partial charge is 0.463 e. The number of rotatable bonds is 71. The van der Waals surface area contributed by atoms with Crippen LogP contribution < -0.4 is 0 Å². The minimum atomic E-state index is -4.95. The molecule has 0 aromatic heterocycles. The van der Waals surface area contributed by atoms with E-state index in [4.69, 9.17) is 32.3 Å². The first kappa shape index (κ1) is 95.9. The summed E-state index contributed by atoms with van der Waals surface area (Å²) in [5.41, 5.74) is 0. The maximum absolute atomic E-state index is 13.0. The van der Waals surface area contributed by atoms with Gasteiger partial charge in [-0.25, -0.2) is 9.13 Å². The molecule has 16 nitrogen and oxygen atoms in total. The first-order chi connectivity index (χ1) is 49.2. The molecule has 0 saturated carbocycles. The van der Waals surface area contributed by atoms with Crippen molar-refractivity contribution in [3.05, 3.63) is 170 Å². The van der Waals surface area contributed by atoms with Crippen molar-refractivity contribution in [2.45, 2.75) is 296 Å². The van der Waals surface area contributed by atoms with Crippen LogP contribution in [0.4, 0.5) is 0 Å². The van der Waals surface area contributed by atoms with Crippen LogP contribution in [0.3, 0.4) is 0 Å². The van der Waals surface area contributed by atoms with Gasteiger partial charge in [0.1, 0.15) is 25.4 Å². The molecule has 574 valence electrons. The molecular weight excluding hydrogens is 1310 g/mol. The number of aliphatic hydroxyl groups excluding tert-OH is 2. The molecule has 4 N–H and O–H groups in total. The maximum Gasteiger partial charge on any atom is 0.472 e. The fraction of sp³-hybridized carbons (Fsp3) is 0.627. The van der Waals surface area contributed by atoms with Crippen LogP contribution in [0.1, 0.15) is 278 Å². The van der Waals surface area contributed by atoms with Crippen molar-refractivity contribution in [2.75, 3.05) is 39.6 Å². The fourth-order valence-electron chi connectivity index (χ4n) is 9.67. The van der Waals surface area contributed by atoms with E-state index in [1.54, 1.807) is 0 Å². The molecule has 101 heavy (non-hydrogen) atoms. The Kier molecular flexibility index (Phi) is 70.9. The van der Waals surface area contributed by atoms with Crippen LogP contribution in [0, 0.1) is 0 Å². The zero-order valence-corrected chi connectivity index (χ0v) is 64.3. The van der Waals surface area contributed by atoms with Crippen molar-refractivity contribution < 1.29 is 75.8 Å². The van der Waals surface area contributed by atoms with Gasteiger partial charge in [-0.05, 0) is 148 Å². The van der Waals surface area contributed by atoms with Gasteiger partial charge in [-0.15, -0.1) is 0 Å². The summed E-state index contributed by atoms with van der Waals surface area (Å²) >= 11 is 0. The van der Waals surface area contributed by atoms with E-state index in [2.05, 4.69) is 191 Å². The molecule has 0 aliphatic carbocycles. The van der Waals surface area contributed by atoms with Crippen molar-refractivity contribution in [3.63, 3.8) is 0 Å². The summed E-state index contributed by atoms with van der Waals surface area (Å²) in [4.78, 5) is 58.7. The highest BCUT2D eigenvalue weighted by molar-refractivity contribution is 7.47. The Labute approximate surface area is 612 Å². The highest BCUT2D eigenvalue weighted by Crippen LogP contribution is 2.45. The molecule has 0 rings (SSSR count). The molecule has 5 unspecified atom stereocenters. The summed E-state index contributed by atoms with van der Waals surface area (Å²) in [6.07, 6.45) is 93.9. The van der Waals surface area contributed by atoms with Crippen LogP contribution in [0.25, 0.3) is 0 Å². The summed E-state index contributed by atoms with van der Waals surface area (Å²) in [7, 11) is -9.81. The highest BCUT2D eigenvalue weighted by atomic mass is 31.2. The molecule has 0 amide bonds. The Bertz CT molecular complexity index is 2520. The van der Waals surface area contributed by atoms with E-state index in [0.717, 1.165) is 199 Å². The zero-order chi connectivity index (χ0) is 73.7. The normalized spacial score (nSPS) is 15.0. The van der Waals surface area contributed by atoms with Crippen molar-refractivity contribution in [3.8, 4) is 0 Å². The van der Waals surface area contributed by atoms with Crippen LogP contribution in [-0.2, 0) is 55.8 Å². The van der Waals surface area contributed by atoms with Crippen LogP contribution in [-0.4, -0.2) is 95.9 Å². The lowest BCUT2D eigenvalue weighted by atomic mass is 10.1. The molecule has 0 aromatic carbocycles. The van der Waals surface area contributed by atoms with Crippen LogP contribution in [0.2, 0.25) is 0 Å². The molecule has 0 radical (unpaired) electrons. The van der Waals surface area contributed by atoms with Crippen LogP contribution in [0.5, 0.6) is 0 Å².